The van der Waals surface area contributed by atoms with Gasteiger partial charge in [0.2, 0.25) is 0 Å². The Morgan fingerprint density at radius 2 is 1.96 bits per heavy atom. The first-order chi connectivity index (χ1) is 11.8. The average Bonchev–Trinajstić information content (AvgIpc) is 3.19. The Morgan fingerprint density at radius 1 is 1.20 bits per heavy atom. The Bertz CT molecular complexity index is 707. The molecule has 25 heavy (non-hydrogen) atoms. The van der Waals surface area contributed by atoms with Crippen LogP contribution in [0.3, 0.4) is 0 Å². The molecule has 0 fully saturated rings. The predicted octanol–water partition coefficient (Wildman–Crippen LogP) is 2.59. The van der Waals surface area contributed by atoms with E-state index in [0.717, 1.165) is 27.5 Å². The predicted molar refractivity (Wildman–Crippen MR) is 95.5 cm³/mol. The smallest absolute Gasteiger partial charge is 0.356 e. The normalized spacial score (nSPS) is 12.3. The summed E-state index contributed by atoms with van der Waals surface area (Å²) in [6, 6.07) is 0. The number of halogens is 3. The quantitative estimate of drug-likeness (QED) is 0.584. The van der Waals surface area contributed by atoms with Crippen LogP contribution in [0, 0.1) is 0 Å². The Kier molecular flexibility index (Phi) is 6.59. The lowest BCUT2D eigenvalue weighted by atomic mass is 10.4. The molecule has 0 bridgehead atoms. The van der Waals surface area contributed by atoms with E-state index < -0.39 is 11.9 Å². The fraction of sp³-hybridized carbons (Fsp3) is 0.500. The van der Waals surface area contributed by atoms with Crippen LogP contribution in [-0.4, -0.2) is 43.6 Å². The lowest BCUT2D eigenvalue weighted by Gasteiger charge is -2.10. The summed E-state index contributed by atoms with van der Waals surface area (Å²) < 4.78 is 37.5. The number of hydrogen-bond acceptors (Lipinski definition) is 6. The third-order valence-corrected chi connectivity index (χ3v) is 5.02. The summed E-state index contributed by atoms with van der Waals surface area (Å²) in [5.74, 6) is 0.562. The van der Waals surface area contributed by atoms with Crippen LogP contribution in [0.5, 0.6) is 0 Å². The van der Waals surface area contributed by atoms with Gasteiger partial charge in [-0.1, -0.05) is 0 Å². The van der Waals surface area contributed by atoms with Crippen LogP contribution in [-0.2, 0) is 19.1 Å². The lowest BCUT2D eigenvalue weighted by Crippen LogP contribution is -2.37. The molecule has 11 heteroatoms. The van der Waals surface area contributed by atoms with E-state index in [1.807, 2.05) is 24.4 Å². The van der Waals surface area contributed by atoms with Crippen molar-refractivity contribution in [2.24, 2.45) is 4.99 Å². The number of anilines is 1. The molecule has 0 aliphatic heterocycles. The number of hydrogen-bond donors (Lipinski definition) is 2. The van der Waals surface area contributed by atoms with E-state index in [2.05, 4.69) is 25.6 Å². The summed E-state index contributed by atoms with van der Waals surface area (Å²) >= 11 is 2.56. The van der Waals surface area contributed by atoms with Crippen molar-refractivity contribution in [3.05, 3.63) is 27.2 Å². The van der Waals surface area contributed by atoms with Crippen LogP contribution in [0.4, 0.5) is 18.3 Å². The maximum atomic E-state index is 12.5. The summed E-state index contributed by atoms with van der Waals surface area (Å²) in [7, 11) is 5.49. The SMILES string of the molecule is CN=C(NCCc1nc(C(F)(F)F)cs1)NCc1csc(N(C)C)n1. The van der Waals surface area contributed by atoms with Gasteiger partial charge in [-0.05, 0) is 0 Å². The number of thiazole rings is 2. The van der Waals surface area contributed by atoms with Gasteiger partial charge in [-0.3, -0.25) is 4.99 Å². The minimum Gasteiger partial charge on any atom is -0.356 e. The van der Waals surface area contributed by atoms with Crippen molar-refractivity contribution in [1.29, 1.82) is 0 Å². The molecule has 0 amide bonds. The topological polar surface area (TPSA) is 65.4 Å². The van der Waals surface area contributed by atoms with Crippen LogP contribution in [0.25, 0.3) is 0 Å². The molecule has 0 saturated carbocycles. The zero-order valence-corrected chi connectivity index (χ0v) is 15.6. The van der Waals surface area contributed by atoms with Crippen LogP contribution in [0.15, 0.2) is 15.8 Å². The fourth-order valence-electron chi connectivity index (χ4n) is 1.82. The van der Waals surface area contributed by atoms with E-state index >= 15 is 0 Å². The number of alkyl halides is 3. The van der Waals surface area contributed by atoms with Crippen LogP contribution in [0.1, 0.15) is 16.4 Å². The van der Waals surface area contributed by atoms with Crippen LogP contribution in [0.2, 0.25) is 0 Å². The highest BCUT2D eigenvalue weighted by molar-refractivity contribution is 7.13. The van der Waals surface area contributed by atoms with Gasteiger partial charge in [-0.25, -0.2) is 9.97 Å². The molecule has 0 aliphatic carbocycles. The van der Waals surface area contributed by atoms with E-state index in [4.69, 9.17) is 0 Å². The van der Waals surface area contributed by atoms with E-state index in [0.29, 0.717) is 30.5 Å². The third-order valence-electron chi connectivity index (χ3n) is 3.06. The van der Waals surface area contributed by atoms with Gasteiger partial charge in [-0.2, -0.15) is 13.2 Å². The number of nitrogens with one attached hydrogen (secondary N) is 2. The number of guanidine groups is 1. The van der Waals surface area contributed by atoms with Gasteiger partial charge < -0.3 is 15.5 Å². The number of rotatable bonds is 6. The first kappa shape index (κ1) is 19.4. The molecule has 2 rings (SSSR count). The van der Waals surface area contributed by atoms with Crippen molar-refractivity contribution < 1.29 is 13.2 Å². The Balaban J connectivity index is 1.77. The molecule has 2 heterocycles. The highest BCUT2D eigenvalue weighted by Gasteiger charge is 2.33. The van der Waals surface area contributed by atoms with Crippen molar-refractivity contribution in [2.75, 3.05) is 32.6 Å². The van der Waals surface area contributed by atoms with Gasteiger partial charge in [0, 0.05) is 44.9 Å². The van der Waals surface area contributed by atoms with Crippen molar-refractivity contribution in [3.63, 3.8) is 0 Å². The maximum absolute atomic E-state index is 12.5. The molecule has 0 spiro atoms. The number of aromatic nitrogens is 2. The molecule has 2 aromatic heterocycles. The molecule has 138 valence electrons. The van der Waals surface area contributed by atoms with E-state index in [9.17, 15) is 13.2 Å². The largest absolute Gasteiger partial charge is 0.434 e. The number of aliphatic imine (C=N–C) groups is 1. The molecular formula is C14H19F3N6S2. The van der Waals surface area contributed by atoms with Gasteiger partial charge in [0.15, 0.2) is 16.8 Å². The van der Waals surface area contributed by atoms with Gasteiger partial charge in [0.05, 0.1) is 17.2 Å². The van der Waals surface area contributed by atoms with Crippen LogP contribution < -0.4 is 15.5 Å². The van der Waals surface area contributed by atoms with Crippen LogP contribution >= 0.6 is 22.7 Å². The zero-order valence-electron chi connectivity index (χ0n) is 14.0. The first-order valence-corrected chi connectivity index (χ1v) is 9.13. The van der Waals surface area contributed by atoms with Crippen molar-refractivity contribution in [3.8, 4) is 0 Å². The van der Waals surface area contributed by atoms with E-state index in [1.54, 1.807) is 18.4 Å². The second-order valence-corrected chi connectivity index (χ2v) is 7.02. The molecule has 0 aromatic carbocycles. The molecule has 6 nitrogen and oxygen atoms in total. The van der Waals surface area contributed by atoms with Crippen molar-refractivity contribution in [2.45, 2.75) is 19.1 Å². The molecular weight excluding hydrogens is 373 g/mol. The lowest BCUT2D eigenvalue weighted by molar-refractivity contribution is -0.140. The average molecular weight is 392 g/mol. The van der Waals surface area contributed by atoms with E-state index in [1.165, 1.54) is 0 Å². The van der Waals surface area contributed by atoms with E-state index in [-0.39, 0.29) is 0 Å². The van der Waals surface area contributed by atoms with Gasteiger partial charge in [0.1, 0.15) is 0 Å². The standard InChI is InChI=1S/C14H19F3N6S2/c1-18-12(20-6-9-7-25-13(21-9)23(2)3)19-5-4-11-22-10(8-24-11)14(15,16)17/h7-8H,4-6H2,1-3H3,(H2,18,19,20). The molecule has 2 N–H and O–H groups in total. The van der Waals surface area contributed by atoms with Gasteiger partial charge >= 0.3 is 6.18 Å². The molecule has 2 aromatic rings. The van der Waals surface area contributed by atoms with Crippen molar-refractivity contribution >= 4 is 33.8 Å². The summed E-state index contributed by atoms with van der Waals surface area (Å²) in [5.41, 5.74) is 0.0571. The monoisotopic (exact) mass is 392 g/mol. The minimum atomic E-state index is -4.39. The molecule has 0 radical (unpaired) electrons. The first-order valence-electron chi connectivity index (χ1n) is 7.37. The van der Waals surface area contributed by atoms with Gasteiger partial charge in [0.25, 0.3) is 0 Å². The summed E-state index contributed by atoms with van der Waals surface area (Å²) in [6.45, 7) is 0.948. The second-order valence-electron chi connectivity index (χ2n) is 5.24. The molecule has 0 unspecified atom stereocenters. The van der Waals surface area contributed by atoms with Crippen molar-refractivity contribution in [1.82, 2.24) is 20.6 Å². The van der Waals surface area contributed by atoms with Gasteiger partial charge in [-0.15, -0.1) is 22.7 Å². The molecule has 0 saturated heterocycles. The second kappa shape index (κ2) is 8.48. The fourth-order valence-corrected chi connectivity index (χ4v) is 3.38. The molecule has 0 atom stereocenters. The highest BCUT2D eigenvalue weighted by atomic mass is 32.1. The number of nitrogens with zero attached hydrogens (tertiary/aromatic N) is 4. The minimum absolute atomic E-state index is 0.392. The summed E-state index contributed by atoms with van der Waals surface area (Å²) in [6.07, 6.45) is -4.00. The third kappa shape index (κ3) is 5.85. The summed E-state index contributed by atoms with van der Waals surface area (Å²) in [5, 5.41) is 10.5. The Morgan fingerprint density at radius 3 is 2.52 bits per heavy atom. The zero-order chi connectivity index (χ0) is 18.4. The summed E-state index contributed by atoms with van der Waals surface area (Å²) in [4.78, 5) is 14.1. The Hall–Kier alpha value is -1.88. The maximum Gasteiger partial charge on any atom is 0.434 e. The Labute approximate surface area is 151 Å². The molecule has 0 aliphatic rings. The highest BCUT2D eigenvalue weighted by Crippen LogP contribution is 2.30.